The van der Waals surface area contributed by atoms with Gasteiger partial charge in [0.05, 0.1) is 0 Å². The van der Waals surface area contributed by atoms with Crippen LogP contribution in [0.2, 0.25) is 0 Å². The monoisotopic (exact) mass is 318 g/mol. The van der Waals surface area contributed by atoms with Gasteiger partial charge in [0.1, 0.15) is 0 Å². The van der Waals surface area contributed by atoms with Gasteiger partial charge in [0.15, 0.2) is 12.3 Å². The Morgan fingerprint density at radius 3 is 1.82 bits per heavy atom. The molecule has 2 aliphatic heterocycles. The van der Waals surface area contributed by atoms with Crippen molar-refractivity contribution in [3.8, 4) is 0 Å². The van der Waals surface area contributed by atoms with Crippen LogP contribution in [0.4, 0.5) is 9.59 Å². The number of rotatable bonds is 8. The number of ether oxygens (including phenoxy) is 4. The van der Waals surface area contributed by atoms with E-state index in [-0.39, 0.29) is 0 Å². The van der Waals surface area contributed by atoms with E-state index in [9.17, 15) is 9.59 Å². The van der Waals surface area contributed by atoms with Crippen LogP contribution in [0.3, 0.4) is 0 Å². The maximum atomic E-state index is 12.7. The van der Waals surface area contributed by atoms with Gasteiger partial charge in [0.2, 0.25) is 12.8 Å². The van der Waals surface area contributed by atoms with Crippen LogP contribution >= 0.6 is 0 Å². The molecule has 0 spiro atoms. The number of carbonyl (C=O) groups excluding carboxylic acids is 2. The molecule has 10 nitrogen and oxygen atoms in total. The summed E-state index contributed by atoms with van der Waals surface area (Å²) in [5, 5.41) is 5.33. The van der Waals surface area contributed by atoms with E-state index in [2.05, 4.69) is 10.6 Å². The van der Waals surface area contributed by atoms with Gasteiger partial charge in [0.25, 0.3) is 0 Å². The van der Waals surface area contributed by atoms with E-state index in [0.717, 1.165) is 0 Å². The highest BCUT2D eigenvalue weighted by Crippen LogP contribution is 2.28. The minimum Gasteiger partial charge on any atom is -0.338 e. The molecule has 0 bridgehead atoms. The lowest BCUT2D eigenvalue weighted by atomic mass is 10.4. The first-order chi connectivity index (χ1) is 10.6. The summed E-state index contributed by atoms with van der Waals surface area (Å²) in [5.41, 5.74) is 0. The second-order valence-electron chi connectivity index (χ2n) is 4.60. The lowest BCUT2D eigenvalue weighted by Crippen LogP contribution is -2.52. The normalized spacial score (nSPS) is 24.3. The molecule has 126 valence electrons. The third kappa shape index (κ3) is 2.82. The summed E-state index contributed by atoms with van der Waals surface area (Å²) in [6, 6.07) is -0.821. The highest BCUT2D eigenvalue weighted by atomic mass is 16.7. The number of carbonyl (C=O) groups is 2. The van der Waals surface area contributed by atoms with Crippen LogP contribution in [0.1, 0.15) is 13.8 Å². The van der Waals surface area contributed by atoms with Gasteiger partial charge in [0, 0.05) is 27.4 Å². The molecule has 0 aromatic carbocycles. The summed E-state index contributed by atoms with van der Waals surface area (Å²) in [5.74, 6) is 0. The summed E-state index contributed by atoms with van der Waals surface area (Å²) in [6.45, 7) is 4.29. The fourth-order valence-corrected chi connectivity index (χ4v) is 2.54. The zero-order chi connectivity index (χ0) is 16.3. The minimum atomic E-state index is -0.936. The molecular formula is C12H22N4O6. The van der Waals surface area contributed by atoms with Crippen molar-refractivity contribution in [3.63, 3.8) is 0 Å². The van der Waals surface area contributed by atoms with E-state index in [4.69, 9.17) is 18.9 Å². The van der Waals surface area contributed by atoms with E-state index < -0.39 is 37.2 Å². The average molecular weight is 318 g/mol. The zero-order valence-corrected chi connectivity index (χ0v) is 13.1. The Balaban J connectivity index is 2.29. The Bertz CT molecular complexity index is 412. The second-order valence-corrected chi connectivity index (χ2v) is 4.60. The Hall–Kier alpha value is -1.62. The van der Waals surface area contributed by atoms with Gasteiger partial charge in [-0.25, -0.2) is 9.59 Å². The summed E-state index contributed by atoms with van der Waals surface area (Å²) < 4.78 is 21.2. The molecule has 0 radical (unpaired) electrons. The summed E-state index contributed by atoms with van der Waals surface area (Å²) in [7, 11) is 2.82. The van der Waals surface area contributed by atoms with Crippen molar-refractivity contribution in [2.24, 2.45) is 0 Å². The lowest BCUT2D eigenvalue weighted by Gasteiger charge is -2.30. The number of hydrogen-bond acceptors (Lipinski definition) is 6. The number of nitrogens with one attached hydrogen (secondary N) is 2. The predicted octanol–water partition coefficient (Wildman–Crippen LogP) is -0.378. The van der Waals surface area contributed by atoms with Crippen LogP contribution in [0, 0.1) is 0 Å². The largest absolute Gasteiger partial charge is 0.338 e. The minimum absolute atomic E-state index is 0.352. The van der Waals surface area contributed by atoms with Crippen LogP contribution in [0.25, 0.3) is 0 Å². The van der Waals surface area contributed by atoms with Crippen LogP contribution in [-0.4, -0.2) is 74.5 Å². The molecule has 2 atom stereocenters. The molecule has 4 amide bonds. The Kier molecular flexibility index (Phi) is 5.40. The fraction of sp³-hybridized carbons (Fsp3) is 0.833. The fourth-order valence-electron chi connectivity index (χ4n) is 2.54. The van der Waals surface area contributed by atoms with Gasteiger partial charge in [-0.2, -0.15) is 0 Å². The van der Waals surface area contributed by atoms with Crippen LogP contribution in [-0.2, 0) is 18.9 Å². The van der Waals surface area contributed by atoms with Gasteiger partial charge in [-0.3, -0.25) is 9.80 Å². The first kappa shape index (κ1) is 16.7. The van der Waals surface area contributed by atoms with Crippen molar-refractivity contribution in [3.05, 3.63) is 0 Å². The van der Waals surface area contributed by atoms with Gasteiger partial charge in [-0.05, 0) is 13.8 Å². The molecule has 2 fully saturated rings. The topological polar surface area (TPSA) is 102 Å². The number of fused-ring (bicyclic) bond motifs is 1. The van der Waals surface area contributed by atoms with Crippen molar-refractivity contribution in [1.29, 1.82) is 0 Å². The van der Waals surface area contributed by atoms with Crippen molar-refractivity contribution in [2.75, 3.05) is 27.4 Å². The van der Waals surface area contributed by atoms with E-state index in [1.165, 1.54) is 24.0 Å². The van der Waals surface area contributed by atoms with Crippen LogP contribution < -0.4 is 10.6 Å². The molecule has 0 aromatic heterocycles. The molecule has 0 saturated carbocycles. The van der Waals surface area contributed by atoms with Gasteiger partial charge in [-0.15, -0.1) is 0 Å². The highest BCUT2D eigenvalue weighted by Gasteiger charge is 2.56. The third-order valence-corrected chi connectivity index (χ3v) is 3.37. The summed E-state index contributed by atoms with van der Waals surface area (Å²) in [4.78, 5) is 27.0. The van der Waals surface area contributed by atoms with Gasteiger partial charge >= 0.3 is 12.1 Å². The van der Waals surface area contributed by atoms with E-state index >= 15 is 0 Å². The highest BCUT2D eigenvalue weighted by molar-refractivity contribution is 5.85. The second kappa shape index (κ2) is 7.09. The Morgan fingerprint density at radius 1 is 0.955 bits per heavy atom. The number of urea groups is 2. The molecule has 2 saturated heterocycles. The Labute approximate surface area is 128 Å². The van der Waals surface area contributed by atoms with Crippen molar-refractivity contribution >= 4 is 12.1 Å². The van der Waals surface area contributed by atoms with E-state index in [1.54, 1.807) is 13.8 Å². The molecule has 2 aliphatic rings. The van der Waals surface area contributed by atoms with Crippen molar-refractivity contribution in [1.82, 2.24) is 20.4 Å². The molecule has 2 rings (SSSR count). The lowest BCUT2D eigenvalue weighted by molar-refractivity contribution is -0.210. The van der Waals surface area contributed by atoms with Crippen molar-refractivity contribution < 1.29 is 28.5 Å². The summed E-state index contributed by atoms with van der Waals surface area (Å²) in [6.07, 6.45) is -3.13. The molecule has 0 aliphatic carbocycles. The SMILES string of the molecule is CCOC(OCC)N1C(=O)N(C(OC)OC)C2NC(=O)NC21. The van der Waals surface area contributed by atoms with Crippen LogP contribution in [0.15, 0.2) is 0 Å². The van der Waals surface area contributed by atoms with E-state index in [0.29, 0.717) is 13.2 Å². The standard InChI is InChI=1S/C12H22N4O6/c1-5-21-12(22-6-2)16-8-7(13-9(17)14-8)15(10(16)18)11(19-3)20-4/h7-8,11-12H,5-6H2,1-4H3,(H2,13,14,17). The zero-order valence-electron chi connectivity index (χ0n) is 13.1. The smallest absolute Gasteiger partial charge is 0.331 e. The Morgan fingerprint density at radius 2 is 1.41 bits per heavy atom. The van der Waals surface area contributed by atoms with Gasteiger partial charge < -0.3 is 29.6 Å². The first-order valence-electron chi connectivity index (χ1n) is 7.05. The van der Waals surface area contributed by atoms with Crippen LogP contribution in [0.5, 0.6) is 0 Å². The molecule has 2 N–H and O–H groups in total. The maximum Gasteiger partial charge on any atom is 0.331 e. The van der Waals surface area contributed by atoms with Gasteiger partial charge in [-0.1, -0.05) is 0 Å². The predicted molar refractivity (Wildman–Crippen MR) is 73.2 cm³/mol. The number of hydrogen-bond donors (Lipinski definition) is 2. The molecular weight excluding hydrogens is 296 g/mol. The third-order valence-electron chi connectivity index (χ3n) is 3.37. The average Bonchev–Trinajstić information content (AvgIpc) is 2.96. The number of amides is 4. The number of nitrogens with zero attached hydrogens (tertiary/aromatic N) is 2. The van der Waals surface area contributed by atoms with E-state index in [1.807, 2.05) is 0 Å². The molecule has 0 aromatic rings. The molecule has 2 heterocycles. The van der Waals surface area contributed by atoms with Crippen molar-refractivity contribution in [2.45, 2.75) is 39.0 Å². The molecule has 2 unspecified atom stereocenters. The number of methoxy groups -OCH3 is 2. The maximum absolute atomic E-state index is 12.7. The molecule has 10 heteroatoms. The molecule has 22 heavy (non-hydrogen) atoms. The first-order valence-corrected chi connectivity index (χ1v) is 7.05. The quantitative estimate of drug-likeness (QED) is 0.592. The summed E-state index contributed by atoms with van der Waals surface area (Å²) >= 11 is 0.